The van der Waals surface area contributed by atoms with Gasteiger partial charge in [-0.1, -0.05) is 141 Å². The van der Waals surface area contributed by atoms with Gasteiger partial charge in [-0.05, 0) is 97.1 Å². The summed E-state index contributed by atoms with van der Waals surface area (Å²) >= 11 is 57.1. The van der Waals surface area contributed by atoms with E-state index in [1.54, 1.807) is 72.8 Å². The van der Waals surface area contributed by atoms with E-state index in [9.17, 15) is 9.59 Å². The number of nitrogen functional groups attached to an aromatic ring is 4. The maximum atomic E-state index is 11.9. The van der Waals surface area contributed by atoms with E-state index in [4.69, 9.17) is 116 Å². The van der Waals surface area contributed by atoms with Crippen molar-refractivity contribution in [1.29, 1.82) is 0 Å². The van der Waals surface area contributed by atoms with Crippen LogP contribution in [0, 0.1) is 0 Å². The Morgan fingerprint density at radius 2 is 0.632 bits per heavy atom. The van der Waals surface area contributed by atoms with Crippen LogP contribution in [0.5, 0.6) is 0 Å². The Bertz CT molecular complexity index is 3350. The van der Waals surface area contributed by atoms with Crippen molar-refractivity contribution in [3.05, 3.63) is 162 Å². The Hall–Kier alpha value is -5.48. The van der Waals surface area contributed by atoms with E-state index < -0.39 is 0 Å². The topological polar surface area (TPSA) is 169 Å². The second kappa shape index (κ2) is 24.9. The van der Waals surface area contributed by atoms with Crippen molar-refractivity contribution in [2.45, 2.75) is 33.4 Å². The Balaban J connectivity index is 0.000000221. The molecule has 8 aromatic rings. The molecule has 10 nitrogen and oxygen atoms in total. The monoisotopic (exact) mass is 1210 g/mol. The van der Waals surface area contributed by atoms with Crippen molar-refractivity contribution >= 4 is 174 Å². The molecule has 0 aliphatic carbocycles. The summed E-state index contributed by atoms with van der Waals surface area (Å²) in [4.78, 5) is 30.8. The van der Waals surface area contributed by atoms with Crippen LogP contribution in [0.25, 0.3) is 44.5 Å². The number of hydrogen-bond acceptors (Lipinski definition) is 10. The third kappa shape index (κ3) is 13.1. The van der Waals surface area contributed by atoms with Crippen molar-refractivity contribution in [1.82, 2.24) is 0 Å². The van der Waals surface area contributed by atoms with Crippen LogP contribution in [0.15, 0.2) is 141 Å². The molecule has 0 fully saturated rings. The number of benzene rings is 8. The molecule has 0 unspecified atom stereocenters. The lowest BCUT2D eigenvalue weighted by atomic mass is 10.0. The van der Waals surface area contributed by atoms with E-state index in [0.29, 0.717) is 106 Å². The molecule has 10 N–H and O–H groups in total. The van der Waals surface area contributed by atoms with Gasteiger partial charge < -0.3 is 43.4 Å². The molecule has 0 saturated heterocycles. The van der Waals surface area contributed by atoms with E-state index >= 15 is 0 Å². The number of amides is 2. The van der Waals surface area contributed by atoms with E-state index in [1.165, 1.54) is 37.4 Å². The Morgan fingerprint density at radius 3 is 0.882 bits per heavy atom. The second-order valence-corrected chi connectivity index (χ2v) is 22.8. The van der Waals surface area contributed by atoms with Gasteiger partial charge in [0.05, 0.1) is 51.6 Å². The van der Waals surface area contributed by atoms with Crippen LogP contribution in [0.2, 0.25) is 40.2 Å². The second-order valence-electron chi connectivity index (χ2n) is 17.5. The van der Waals surface area contributed by atoms with Crippen LogP contribution in [0.3, 0.4) is 0 Å². The molecule has 76 heavy (non-hydrogen) atoms. The molecule has 0 saturated carbocycles. The quantitative estimate of drug-likeness (QED) is 0.0648. The Kier molecular flexibility index (Phi) is 19.1. The molecular weight excluding hydrogens is 1160 g/mol. The summed E-state index contributed by atoms with van der Waals surface area (Å²) in [5.41, 5.74) is 34.2. The highest BCUT2D eigenvalue weighted by Crippen LogP contribution is 2.52. The minimum atomic E-state index is -0.263. The van der Waals surface area contributed by atoms with Crippen LogP contribution in [-0.4, -0.2) is 40.0 Å². The van der Waals surface area contributed by atoms with Crippen molar-refractivity contribution in [3.63, 3.8) is 0 Å². The zero-order valence-corrected chi connectivity index (χ0v) is 49.1. The summed E-state index contributed by atoms with van der Waals surface area (Å²) in [6, 6.07) is 36.1. The van der Waals surface area contributed by atoms with Gasteiger partial charge in [0, 0.05) is 140 Å². The van der Waals surface area contributed by atoms with Crippen LogP contribution >= 0.6 is 116 Å². The maximum Gasteiger partial charge on any atom is 0.221 e. The number of hydrogen-bond donors (Lipinski definition) is 6. The lowest BCUT2D eigenvalue weighted by Gasteiger charge is -2.23. The first kappa shape index (κ1) is 58.2. The fourth-order valence-corrected chi connectivity index (χ4v) is 12.5. The first-order valence-electron chi connectivity index (χ1n) is 22.7. The molecule has 8 rings (SSSR count). The van der Waals surface area contributed by atoms with Crippen molar-refractivity contribution < 1.29 is 9.59 Å². The molecule has 0 aliphatic heterocycles. The number of halogens is 8. The van der Waals surface area contributed by atoms with Gasteiger partial charge in [-0.3, -0.25) is 9.59 Å². The molecule has 0 spiro atoms. The van der Waals surface area contributed by atoms with E-state index in [-0.39, 0.29) is 11.8 Å². The zero-order chi connectivity index (χ0) is 55.4. The van der Waals surface area contributed by atoms with Crippen molar-refractivity contribution in [3.8, 4) is 44.5 Å². The van der Waals surface area contributed by atoms with Gasteiger partial charge in [0.2, 0.25) is 11.8 Å². The number of nitrogens with two attached hydrogens (primary N) is 4. The minimum absolute atomic E-state index is 0.263. The number of nitrogens with one attached hydrogen (secondary N) is 2. The van der Waals surface area contributed by atoms with Crippen LogP contribution in [0.1, 0.15) is 13.8 Å². The van der Waals surface area contributed by atoms with Gasteiger partial charge in [0.1, 0.15) is 0 Å². The van der Waals surface area contributed by atoms with Crippen molar-refractivity contribution in [2.24, 2.45) is 0 Å². The predicted octanol–water partition coefficient (Wildman–Crippen LogP) is 17.9. The van der Waals surface area contributed by atoms with E-state index in [1.807, 2.05) is 86.5 Å². The first-order valence-corrected chi connectivity index (χ1v) is 27.4. The number of nitrogens with zero attached hydrogens (tertiary/aromatic N) is 2. The third-order valence-electron chi connectivity index (χ3n) is 11.5. The molecule has 0 radical (unpaired) electrons. The molecule has 0 aliphatic rings. The van der Waals surface area contributed by atoms with Gasteiger partial charge >= 0.3 is 0 Å². The molecule has 0 heterocycles. The van der Waals surface area contributed by atoms with Crippen LogP contribution in [0.4, 0.5) is 45.5 Å². The summed E-state index contributed by atoms with van der Waals surface area (Å²) in [5.74, 6) is -0.526. The van der Waals surface area contributed by atoms with Gasteiger partial charge in [-0.2, -0.15) is 0 Å². The normalized spacial score (nSPS) is 10.9. The van der Waals surface area contributed by atoms with Crippen LogP contribution in [-0.2, 0) is 9.59 Å². The molecule has 20 heteroatoms. The summed E-state index contributed by atoms with van der Waals surface area (Å²) in [7, 11) is 7.86. The molecule has 8 aromatic carbocycles. The third-order valence-corrected chi connectivity index (χ3v) is 17.0. The average molecular weight is 1210 g/mol. The van der Waals surface area contributed by atoms with E-state index in [0.717, 1.165) is 43.4 Å². The largest absolute Gasteiger partial charge is 0.399 e. The van der Waals surface area contributed by atoms with Crippen molar-refractivity contribution in [2.75, 3.05) is 71.6 Å². The number of anilines is 8. The summed E-state index contributed by atoms with van der Waals surface area (Å²) in [6.07, 6.45) is 0. The number of carbonyl (C=O) groups is 2. The van der Waals surface area contributed by atoms with Gasteiger partial charge in [-0.15, -0.1) is 0 Å². The molecule has 0 aromatic heterocycles. The summed E-state index contributed by atoms with van der Waals surface area (Å²) in [6.45, 7) is 2.82. The standard InChI is InChI=1S/C28H22Cl4N4O2S.C28H26Cl4N4S/c1-13(37)35-21-7-9-23(27(31)25(21)17-5-3-15(33)11-19(17)29)39-24-10-8-22(36-14(2)38)26(28(24)32)18-6-4-16(34)12-20(18)30;1-35(2)21-9-11-23(27(31)25(21)17-7-5-15(33)13-19(17)29)37-24-12-10-22(36(3)4)26(28(24)32)18-8-6-16(34)14-20(18)30/h3-12H,33-34H2,1-2H3,(H,35,37)(H,36,38);5-14H,33-34H2,1-4H3. The molecule has 2 amide bonds. The lowest BCUT2D eigenvalue weighted by molar-refractivity contribution is -0.115. The fraction of sp³-hybridized carbons (Fsp3) is 0.107. The zero-order valence-electron chi connectivity index (χ0n) is 41.4. The van der Waals surface area contributed by atoms with Gasteiger partial charge in [0.25, 0.3) is 0 Å². The molecular formula is C56H48Cl8N8O2S2. The average Bonchev–Trinajstić information content (AvgIpc) is 3.33. The molecule has 0 atom stereocenters. The SMILES string of the molecule is CC(=O)Nc1ccc(Sc2ccc(NC(C)=O)c(-c3ccc(N)cc3Cl)c2Cl)c(Cl)c1-c1ccc(N)cc1Cl.CN(C)c1ccc(Sc2ccc(N(C)C)c(-c3ccc(N)cc3Cl)c2Cl)c(Cl)c1-c1ccc(N)cc1Cl. The predicted molar refractivity (Wildman–Crippen MR) is 331 cm³/mol. The summed E-state index contributed by atoms with van der Waals surface area (Å²) < 4.78 is 0. The highest BCUT2D eigenvalue weighted by molar-refractivity contribution is 7.99. The smallest absolute Gasteiger partial charge is 0.221 e. The molecule has 0 bridgehead atoms. The lowest BCUT2D eigenvalue weighted by Crippen LogP contribution is -2.11. The molecule has 392 valence electrons. The van der Waals surface area contributed by atoms with E-state index in [2.05, 4.69) is 10.6 Å². The highest BCUT2D eigenvalue weighted by atomic mass is 35.5. The first-order chi connectivity index (χ1) is 35.9. The highest BCUT2D eigenvalue weighted by Gasteiger charge is 2.24. The minimum Gasteiger partial charge on any atom is -0.399 e. The maximum absolute atomic E-state index is 11.9. The number of rotatable bonds is 12. The number of carbonyl (C=O) groups excluding carboxylic acids is 2. The summed E-state index contributed by atoms with van der Waals surface area (Å²) in [5, 5.41) is 9.29. The van der Waals surface area contributed by atoms with Gasteiger partial charge in [0.15, 0.2) is 0 Å². The van der Waals surface area contributed by atoms with Gasteiger partial charge in [-0.25, -0.2) is 0 Å². The Morgan fingerprint density at radius 1 is 0.382 bits per heavy atom. The Labute approximate surface area is 490 Å². The fourth-order valence-electron chi connectivity index (χ4n) is 8.07. The van der Waals surface area contributed by atoms with Crippen LogP contribution < -0.4 is 43.4 Å².